The minimum absolute atomic E-state index is 0.312. The summed E-state index contributed by atoms with van der Waals surface area (Å²) in [4.78, 5) is 17.4. The van der Waals surface area contributed by atoms with Gasteiger partial charge >= 0.3 is 0 Å². The molecule has 0 aromatic carbocycles. The van der Waals surface area contributed by atoms with E-state index in [1.165, 1.54) is 19.3 Å². The zero-order valence-electron chi connectivity index (χ0n) is 12.8. The molecule has 1 aromatic heterocycles. The van der Waals surface area contributed by atoms with Gasteiger partial charge in [0.05, 0.1) is 0 Å². The van der Waals surface area contributed by atoms with E-state index in [0.717, 1.165) is 32.0 Å². The van der Waals surface area contributed by atoms with Gasteiger partial charge in [0.1, 0.15) is 0 Å². The summed E-state index contributed by atoms with van der Waals surface area (Å²) in [7, 11) is 2.01. The monoisotopic (exact) mass is 278 g/mol. The van der Waals surface area contributed by atoms with E-state index in [1.54, 1.807) is 0 Å². The Labute approximate surface area is 121 Å². The quantitative estimate of drug-likeness (QED) is 0.887. The SMILES string of the molecule is CC(C)CCN(C)c1nc(N)nc(N2CCCCC2)n1. The molecule has 112 valence electrons. The first-order chi connectivity index (χ1) is 9.56. The van der Waals surface area contributed by atoms with Crippen molar-refractivity contribution in [1.29, 1.82) is 0 Å². The van der Waals surface area contributed by atoms with Gasteiger partial charge in [-0.05, 0) is 31.6 Å². The van der Waals surface area contributed by atoms with E-state index < -0.39 is 0 Å². The Kier molecular flexibility index (Phi) is 4.98. The Morgan fingerprint density at radius 3 is 2.50 bits per heavy atom. The van der Waals surface area contributed by atoms with E-state index in [1.807, 2.05) is 7.05 Å². The summed E-state index contributed by atoms with van der Waals surface area (Å²) in [6, 6.07) is 0. The third-order valence-electron chi connectivity index (χ3n) is 3.65. The van der Waals surface area contributed by atoms with Crippen LogP contribution in [0, 0.1) is 5.92 Å². The van der Waals surface area contributed by atoms with Crippen molar-refractivity contribution in [3.63, 3.8) is 0 Å². The minimum Gasteiger partial charge on any atom is -0.368 e. The van der Waals surface area contributed by atoms with Gasteiger partial charge < -0.3 is 15.5 Å². The second-order valence-electron chi connectivity index (χ2n) is 5.95. The maximum Gasteiger partial charge on any atom is 0.231 e. The second kappa shape index (κ2) is 6.72. The second-order valence-corrected chi connectivity index (χ2v) is 5.95. The highest BCUT2D eigenvalue weighted by molar-refractivity contribution is 5.43. The highest BCUT2D eigenvalue weighted by Gasteiger charge is 2.16. The highest BCUT2D eigenvalue weighted by atomic mass is 15.3. The lowest BCUT2D eigenvalue weighted by molar-refractivity contribution is 0.565. The number of nitrogen functional groups attached to an aromatic ring is 1. The molecular weight excluding hydrogens is 252 g/mol. The number of nitrogens with zero attached hydrogens (tertiary/aromatic N) is 5. The average Bonchev–Trinajstić information content (AvgIpc) is 2.45. The van der Waals surface area contributed by atoms with Gasteiger partial charge in [0.25, 0.3) is 0 Å². The molecule has 0 amide bonds. The van der Waals surface area contributed by atoms with Gasteiger partial charge in [0.15, 0.2) is 0 Å². The normalized spacial score (nSPS) is 15.7. The summed E-state index contributed by atoms with van der Waals surface area (Å²) in [5, 5.41) is 0. The van der Waals surface area contributed by atoms with Crippen LogP contribution in [0.4, 0.5) is 17.8 Å². The van der Waals surface area contributed by atoms with Gasteiger partial charge in [-0.15, -0.1) is 0 Å². The molecule has 0 unspecified atom stereocenters. The van der Waals surface area contributed by atoms with Crippen LogP contribution in [0.5, 0.6) is 0 Å². The fourth-order valence-corrected chi connectivity index (χ4v) is 2.33. The number of nitrogens with two attached hydrogens (primary N) is 1. The molecule has 1 aliphatic heterocycles. The van der Waals surface area contributed by atoms with Crippen molar-refractivity contribution in [1.82, 2.24) is 15.0 Å². The summed E-state index contributed by atoms with van der Waals surface area (Å²) in [6.45, 7) is 7.39. The predicted octanol–water partition coefficient (Wildman–Crippen LogP) is 1.93. The van der Waals surface area contributed by atoms with Crippen molar-refractivity contribution >= 4 is 17.8 Å². The molecule has 20 heavy (non-hydrogen) atoms. The fourth-order valence-electron chi connectivity index (χ4n) is 2.33. The lowest BCUT2D eigenvalue weighted by atomic mass is 10.1. The molecule has 1 saturated heterocycles. The lowest BCUT2D eigenvalue weighted by Crippen LogP contribution is -2.32. The van der Waals surface area contributed by atoms with Gasteiger partial charge in [0, 0.05) is 26.7 Å². The van der Waals surface area contributed by atoms with Crippen LogP contribution < -0.4 is 15.5 Å². The molecule has 1 fully saturated rings. The molecule has 2 N–H and O–H groups in total. The van der Waals surface area contributed by atoms with Crippen molar-refractivity contribution in [2.24, 2.45) is 5.92 Å². The fraction of sp³-hybridized carbons (Fsp3) is 0.786. The third-order valence-corrected chi connectivity index (χ3v) is 3.65. The third kappa shape index (κ3) is 3.95. The Morgan fingerprint density at radius 2 is 1.85 bits per heavy atom. The molecule has 0 radical (unpaired) electrons. The molecule has 0 atom stereocenters. The molecule has 2 rings (SSSR count). The van der Waals surface area contributed by atoms with Crippen LogP contribution >= 0.6 is 0 Å². The number of rotatable bonds is 5. The molecule has 6 heteroatoms. The Balaban J connectivity index is 2.10. The summed E-state index contributed by atoms with van der Waals surface area (Å²) < 4.78 is 0. The van der Waals surface area contributed by atoms with Crippen molar-refractivity contribution in [2.45, 2.75) is 39.5 Å². The topological polar surface area (TPSA) is 71.2 Å². The predicted molar refractivity (Wildman–Crippen MR) is 83.0 cm³/mol. The zero-order valence-corrected chi connectivity index (χ0v) is 12.8. The van der Waals surface area contributed by atoms with Crippen molar-refractivity contribution in [3.8, 4) is 0 Å². The largest absolute Gasteiger partial charge is 0.368 e. The number of anilines is 3. The van der Waals surface area contributed by atoms with E-state index >= 15 is 0 Å². The number of hydrogen-bond acceptors (Lipinski definition) is 6. The molecule has 1 aliphatic rings. The lowest BCUT2D eigenvalue weighted by Gasteiger charge is -2.27. The first kappa shape index (κ1) is 14.8. The molecule has 0 saturated carbocycles. The molecule has 2 heterocycles. The van der Waals surface area contributed by atoms with Crippen LogP contribution in [-0.2, 0) is 0 Å². The summed E-state index contributed by atoms with van der Waals surface area (Å²) in [6.07, 6.45) is 4.80. The minimum atomic E-state index is 0.312. The Hall–Kier alpha value is -1.59. The van der Waals surface area contributed by atoms with Crippen molar-refractivity contribution < 1.29 is 0 Å². The van der Waals surface area contributed by atoms with Crippen LogP contribution in [0.25, 0.3) is 0 Å². The van der Waals surface area contributed by atoms with Crippen LogP contribution in [0.3, 0.4) is 0 Å². The molecule has 6 nitrogen and oxygen atoms in total. The van der Waals surface area contributed by atoms with Crippen LogP contribution in [0.1, 0.15) is 39.5 Å². The molecule has 0 aliphatic carbocycles. The van der Waals surface area contributed by atoms with Crippen molar-refractivity contribution in [3.05, 3.63) is 0 Å². The van der Waals surface area contributed by atoms with E-state index in [-0.39, 0.29) is 0 Å². The van der Waals surface area contributed by atoms with Gasteiger partial charge in [-0.1, -0.05) is 13.8 Å². The number of piperidine rings is 1. The first-order valence-electron chi connectivity index (χ1n) is 7.54. The van der Waals surface area contributed by atoms with Crippen LogP contribution in [0.2, 0.25) is 0 Å². The summed E-state index contributed by atoms with van der Waals surface area (Å²) >= 11 is 0. The van der Waals surface area contributed by atoms with E-state index in [0.29, 0.717) is 17.8 Å². The highest BCUT2D eigenvalue weighted by Crippen LogP contribution is 2.19. The molecule has 0 spiro atoms. The number of hydrogen-bond donors (Lipinski definition) is 1. The van der Waals surface area contributed by atoms with E-state index in [2.05, 4.69) is 38.6 Å². The zero-order chi connectivity index (χ0) is 14.5. The van der Waals surface area contributed by atoms with Crippen LogP contribution in [-0.4, -0.2) is 41.6 Å². The van der Waals surface area contributed by atoms with E-state index in [4.69, 9.17) is 5.73 Å². The maximum absolute atomic E-state index is 5.84. The first-order valence-corrected chi connectivity index (χ1v) is 7.54. The van der Waals surface area contributed by atoms with Gasteiger partial charge in [0.2, 0.25) is 17.8 Å². The maximum atomic E-state index is 5.84. The van der Waals surface area contributed by atoms with Crippen LogP contribution in [0.15, 0.2) is 0 Å². The molecule has 0 bridgehead atoms. The van der Waals surface area contributed by atoms with Gasteiger partial charge in [-0.25, -0.2) is 0 Å². The average molecular weight is 278 g/mol. The van der Waals surface area contributed by atoms with Crippen molar-refractivity contribution in [2.75, 3.05) is 42.2 Å². The summed E-state index contributed by atoms with van der Waals surface area (Å²) in [5.74, 6) is 2.38. The van der Waals surface area contributed by atoms with Gasteiger partial charge in [-0.2, -0.15) is 15.0 Å². The molecule has 1 aromatic rings. The standard InChI is InChI=1S/C14H26N6/c1-11(2)7-10-19(3)13-16-12(15)17-14(18-13)20-8-5-4-6-9-20/h11H,4-10H2,1-3H3,(H2,15,16,17,18). The van der Waals surface area contributed by atoms with Gasteiger partial charge in [-0.3, -0.25) is 0 Å². The Morgan fingerprint density at radius 1 is 1.15 bits per heavy atom. The number of aromatic nitrogens is 3. The Bertz CT molecular complexity index is 428. The molecular formula is C14H26N6. The summed E-state index contributed by atoms with van der Waals surface area (Å²) in [5.41, 5.74) is 5.84. The smallest absolute Gasteiger partial charge is 0.231 e. The van der Waals surface area contributed by atoms with E-state index in [9.17, 15) is 0 Å².